The molecule has 0 saturated carbocycles. The van der Waals surface area contributed by atoms with Crippen LogP contribution in [0.15, 0.2) is 36.4 Å². The molecule has 3 heteroatoms. The van der Waals surface area contributed by atoms with Crippen molar-refractivity contribution in [1.29, 1.82) is 0 Å². The van der Waals surface area contributed by atoms with Crippen molar-refractivity contribution in [2.24, 2.45) is 0 Å². The van der Waals surface area contributed by atoms with Crippen molar-refractivity contribution >= 4 is 10.8 Å². The van der Waals surface area contributed by atoms with Crippen LogP contribution in [0.1, 0.15) is 32.4 Å². The first-order valence-corrected chi connectivity index (χ1v) is 6.91. The summed E-state index contributed by atoms with van der Waals surface area (Å²) in [4.78, 5) is 0. The normalized spacial score (nSPS) is 13.4. The second-order valence-electron chi connectivity index (χ2n) is 5.88. The van der Waals surface area contributed by atoms with Gasteiger partial charge in [-0.3, -0.25) is 0 Å². The van der Waals surface area contributed by atoms with E-state index in [9.17, 15) is 5.11 Å². The van der Waals surface area contributed by atoms with Gasteiger partial charge < -0.3 is 15.2 Å². The predicted molar refractivity (Wildman–Crippen MR) is 83.2 cm³/mol. The van der Waals surface area contributed by atoms with E-state index < -0.39 is 0 Å². The fourth-order valence-corrected chi connectivity index (χ4v) is 2.35. The Bertz CT molecular complexity index is 593. The average molecular weight is 273 g/mol. The van der Waals surface area contributed by atoms with E-state index in [-0.39, 0.29) is 18.2 Å². The Morgan fingerprint density at radius 3 is 2.45 bits per heavy atom. The molecule has 0 spiro atoms. The first kappa shape index (κ1) is 14.8. The SMILES string of the molecule is COc1ccc2cc(C(C)NC(C)(C)CO)ccc2c1. The number of methoxy groups -OCH3 is 1. The molecule has 2 rings (SSSR count). The summed E-state index contributed by atoms with van der Waals surface area (Å²) in [5.74, 6) is 0.873. The standard InChI is InChI=1S/C17H23NO2/c1-12(18-17(2,3)11-19)13-5-6-15-10-16(20-4)8-7-14(15)9-13/h5-10,12,18-19H,11H2,1-4H3. The molecule has 0 bridgehead atoms. The van der Waals surface area contributed by atoms with Crippen LogP contribution in [0.2, 0.25) is 0 Å². The summed E-state index contributed by atoms with van der Waals surface area (Å²) in [5, 5.41) is 15.1. The zero-order valence-electron chi connectivity index (χ0n) is 12.6. The number of hydrogen-bond acceptors (Lipinski definition) is 3. The number of aliphatic hydroxyl groups is 1. The van der Waals surface area contributed by atoms with E-state index in [1.165, 1.54) is 16.3 Å². The second kappa shape index (κ2) is 5.81. The Morgan fingerprint density at radius 2 is 1.80 bits per heavy atom. The van der Waals surface area contributed by atoms with Crippen molar-refractivity contribution in [3.63, 3.8) is 0 Å². The lowest BCUT2D eigenvalue weighted by Gasteiger charge is -2.28. The van der Waals surface area contributed by atoms with Crippen molar-refractivity contribution in [2.75, 3.05) is 13.7 Å². The molecular weight excluding hydrogens is 250 g/mol. The van der Waals surface area contributed by atoms with Crippen LogP contribution < -0.4 is 10.1 Å². The monoisotopic (exact) mass is 273 g/mol. The van der Waals surface area contributed by atoms with Crippen LogP contribution in [-0.4, -0.2) is 24.4 Å². The van der Waals surface area contributed by atoms with Crippen molar-refractivity contribution < 1.29 is 9.84 Å². The topological polar surface area (TPSA) is 41.5 Å². The molecule has 1 atom stereocenters. The highest BCUT2D eigenvalue weighted by atomic mass is 16.5. The van der Waals surface area contributed by atoms with Gasteiger partial charge >= 0.3 is 0 Å². The average Bonchev–Trinajstić information content (AvgIpc) is 2.45. The van der Waals surface area contributed by atoms with Crippen LogP contribution in [0.25, 0.3) is 10.8 Å². The number of fused-ring (bicyclic) bond motifs is 1. The molecule has 1 unspecified atom stereocenters. The zero-order chi connectivity index (χ0) is 14.8. The van der Waals surface area contributed by atoms with Gasteiger partial charge in [0.2, 0.25) is 0 Å². The van der Waals surface area contributed by atoms with Gasteiger partial charge in [0.25, 0.3) is 0 Å². The molecule has 0 aromatic heterocycles. The predicted octanol–water partition coefficient (Wildman–Crippen LogP) is 3.27. The van der Waals surface area contributed by atoms with Gasteiger partial charge in [-0.05, 0) is 55.3 Å². The fourth-order valence-electron chi connectivity index (χ4n) is 2.35. The Morgan fingerprint density at radius 1 is 1.15 bits per heavy atom. The Labute approximate surface area is 120 Å². The van der Waals surface area contributed by atoms with Crippen LogP contribution in [0.3, 0.4) is 0 Å². The third-order valence-electron chi connectivity index (χ3n) is 3.57. The van der Waals surface area contributed by atoms with E-state index in [1.54, 1.807) is 7.11 Å². The zero-order valence-corrected chi connectivity index (χ0v) is 12.6. The first-order valence-electron chi connectivity index (χ1n) is 6.91. The van der Waals surface area contributed by atoms with E-state index in [1.807, 2.05) is 26.0 Å². The van der Waals surface area contributed by atoms with Crippen LogP contribution >= 0.6 is 0 Å². The van der Waals surface area contributed by atoms with Gasteiger partial charge in [-0.15, -0.1) is 0 Å². The third kappa shape index (κ3) is 3.30. The van der Waals surface area contributed by atoms with Crippen LogP contribution in [0.4, 0.5) is 0 Å². The largest absolute Gasteiger partial charge is 0.497 e. The number of rotatable bonds is 5. The molecule has 20 heavy (non-hydrogen) atoms. The summed E-state index contributed by atoms with van der Waals surface area (Å²) in [7, 11) is 1.68. The summed E-state index contributed by atoms with van der Waals surface area (Å²) in [5.41, 5.74) is 0.929. The molecular formula is C17H23NO2. The molecule has 0 amide bonds. The molecule has 2 N–H and O–H groups in total. The summed E-state index contributed by atoms with van der Waals surface area (Å²) in [6.07, 6.45) is 0. The molecule has 2 aromatic rings. The van der Waals surface area contributed by atoms with Gasteiger partial charge in [-0.2, -0.15) is 0 Å². The van der Waals surface area contributed by atoms with E-state index in [4.69, 9.17) is 4.74 Å². The minimum absolute atomic E-state index is 0.113. The molecule has 0 aliphatic rings. The quantitative estimate of drug-likeness (QED) is 0.878. The lowest BCUT2D eigenvalue weighted by molar-refractivity contribution is 0.178. The smallest absolute Gasteiger partial charge is 0.119 e. The van der Waals surface area contributed by atoms with Gasteiger partial charge in [0.05, 0.1) is 13.7 Å². The Hall–Kier alpha value is -1.58. The number of benzene rings is 2. The third-order valence-corrected chi connectivity index (χ3v) is 3.57. The summed E-state index contributed by atoms with van der Waals surface area (Å²) in [6.45, 7) is 6.22. The van der Waals surface area contributed by atoms with E-state index in [0.29, 0.717) is 0 Å². The van der Waals surface area contributed by atoms with Crippen molar-refractivity contribution in [3.8, 4) is 5.75 Å². The lowest BCUT2D eigenvalue weighted by Crippen LogP contribution is -2.43. The van der Waals surface area contributed by atoms with Gasteiger partial charge in [0, 0.05) is 11.6 Å². The number of nitrogens with one attached hydrogen (secondary N) is 1. The molecule has 0 saturated heterocycles. The fraction of sp³-hybridized carbons (Fsp3) is 0.412. The highest BCUT2D eigenvalue weighted by Crippen LogP contribution is 2.25. The summed E-state index contributed by atoms with van der Waals surface area (Å²) >= 11 is 0. The lowest BCUT2D eigenvalue weighted by atomic mass is 9.99. The number of aliphatic hydroxyl groups excluding tert-OH is 1. The van der Waals surface area contributed by atoms with E-state index >= 15 is 0 Å². The summed E-state index contributed by atoms with van der Waals surface area (Å²) < 4.78 is 5.24. The van der Waals surface area contributed by atoms with Gasteiger partial charge in [0.1, 0.15) is 5.75 Å². The highest BCUT2D eigenvalue weighted by molar-refractivity contribution is 5.84. The molecule has 0 aliphatic heterocycles. The molecule has 2 aromatic carbocycles. The number of hydrogen-bond donors (Lipinski definition) is 2. The Balaban J connectivity index is 2.27. The van der Waals surface area contributed by atoms with Crippen molar-refractivity contribution in [3.05, 3.63) is 42.0 Å². The van der Waals surface area contributed by atoms with Gasteiger partial charge in [-0.25, -0.2) is 0 Å². The maximum atomic E-state index is 9.34. The maximum absolute atomic E-state index is 9.34. The molecule has 0 heterocycles. The van der Waals surface area contributed by atoms with E-state index in [0.717, 1.165) is 5.75 Å². The van der Waals surface area contributed by atoms with Crippen LogP contribution in [0, 0.1) is 0 Å². The van der Waals surface area contributed by atoms with E-state index in [2.05, 4.69) is 36.5 Å². The van der Waals surface area contributed by atoms with Crippen LogP contribution in [-0.2, 0) is 0 Å². The Kier molecular flexibility index (Phi) is 4.31. The van der Waals surface area contributed by atoms with Gasteiger partial charge in [0.15, 0.2) is 0 Å². The highest BCUT2D eigenvalue weighted by Gasteiger charge is 2.19. The second-order valence-corrected chi connectivity index (χ2v) is 5.88. The molecule has 3 nitrogen and oxygen atoms in total. The molecule has 0 radical (unpaired) electrons. The van der Waals surface area contributed by atoms with Crippen molar-refractivity contribution in [1.82, 2.24) is 5.32 Å². The summed E-state index contributed by atoms with van der Waals surface area (Å²) in [6, 6.07) is 12.7. The minimum atomic E-state index is -0.283. The number of ether oxygens (including phenoxy) is 1. The van der Waals surface area contributed by atoms with Crippen LogP contribution in [0.5, 0.6) is 5.75 Å². The molecule has 108 valence electrons. The minimum Gasteiger partial charge on any atom is -0.497 e. The van der Waals surface area contributed by atoms with Crippen molar-refractivity contribution in [2.45, 2.75) is 32.4 Å². The first-order chi connectivity index (χ1) is 9.45. The molecule has 0 aliphatic carbocycles. The van der Waals surface area contributed by atoms with Gasteiger partial charge in [-0.1, -0.05) is 18.2 Å². The maximum Gasteiger partial charge on any atom is 0.119 e. The molecule has 0 fully saturated rings.